The predicted molar refractivity (Wildman–Crippen MR) is 72.9 cm³/mol. The Balaban J connectivity index is 2.17. The van der Waals surface area contributed by atoms with Crippen LogP contribution in [0.25, 0.3) is 0 Å². The minimum absolute atomic E-state index is 0.0528. The van der Waals surface area contributed by atoms with E-state index in [1.807, 2.05) is 19.1 Å². The first-order chi connectivity index (χ1) is 9.09. The van der Waals surface area contributed by atoms with Gasteiger partial charge in [0.2, 0.25) is 0 Å². The molecule has 0 aliphatic carbocycles. The highest BCUT2D eigenvalue weighted by Crippen LogP contribution is 2.22. The van der Waals surface area contributed by atoms with Crippen LogP contribution in [0.5, 0.6) is 5.75 Å². The molecule has 0 aliphatic heterocycles. The molecule has 0 radical (unpaired) electrons. The van der Waals surface area contributed by atoms with E-state index in [4.69, 9.17) is 0 Å². The van der Waals surface area contributed by atoms with Gasteiger partial charge in [-0.05, 0) is 36.8 Å². The SMILES string of the molecule is CC(c1ccc(O)cc1)N(C)C(=O)c1ccncc1. The molecule has 4 nitrogen and oxygen atoms in total. The van der Waals surface area contributed by atoms with Crippen LogP contribution in [0.2, 0.25) is 0 Å². The summed E-state index contributed by atoms with van der Waals surface area (Å²) >= 11 is 0. The van der Waals surface area contributed by atoms with Crippen LogP contribution in [0.1, 0.15) is 28.9 Å². The smallest absolute Gasteiger partial charge is 0.254 e. The van der Waals surface area contributed by atoms with Gasteiger partial charge in [0.05, 0.1) is 6.04 Å². The predicted octanol–water partition coefficient (Wildman–Crippen LogP) is 2.62. The van der Waals surface area contributed by atoms with Gasteiger partial charge in [-0.3, -0.25) is 9.78 Å². The third-order valence-corrected chi connectivity index (χ3v) is 3.20. The quantitative estimate of drug-likeness (QED) is 0.918. The Bertz CT molecular complexity index is 552. The number of nitrogens with zero attached hydrogens (tertiary/aromatic N) is 2. The number of pyridine rings is 1. The molecule has 1 aromatic heterocycles. The lowest BCUT2D eigenvalue weighted by Crippen LogP contribution is -2.29. The van der Waals surface area contributed by atoms with Gasteiger partial charge in [-0.15, -0.1) is 0 Å². The van der Waals surface area contributed by atoms with Gasteiger partial charge >= 0.3 is 0 Å². The number of phenols is 1. The summed E-state index contributed by atoms with van der Waals surface area (Å²) in [7, 11) is 1.76. The Kier molecular flexibility index (Phi) is 3.80. The maximum absolute atomic E-state index is 12.3. The molecular weight excluding hydrogens is 240 g/mol. The molecule has 1 atom stereocenters. The summed E-state index contributed by atoms with van der Waals surface area (Å²) in [5, 5.41) is 9.28. The number of carbonyl (C=O) groups is 1. The molecule has 0 saturated heterocycles. The van der Waals surface area contributed by atoms with Crippen molar-refractivity contribution in [3.05, 3.63) is 59.9 Å². The summed E-state index contributed by atoms with van der Waals surface area (Å²) < 4.78 is 0. The van der Waals surface area contributed by atoms with Crippen LogP contribution >= 0.6 is 0 Å². The molecular formula is C15H16N2O2. The van der Waals surface area contributed by atoms with Crippen LogP contribution in [-0.2, 0) is 0 Å². The van der Waals surface area contributed by atoms with Crippen LogP contribution in [0.3, 0.4) is 0 Å². The Morgan fingerprint density at radius 2 is 1.74 bits per heavy atom. The highest BCUT2D eigenvalue weighted by molar-refractivity contribution is 5.94. The van der Waals surface area contributed by atoms with Crippen molar-refractivity contribution < 1.29 is 9.90 Å². The molecule has 0 saturated carbocycles. The van der Waals surface area contributed by atoms with Gasteiger partial charge in [0, 0.05) is 25.0 Å². The number of benzene rings is 1. The molecule has 2 aromatic rings. The molecule has 0 aliphatic rings. The van der Waals surface area contributed by atoms with Crippen LogP contribution in [0, 0.1) is 0 Å². The van der Waals surface area contributed by atoms with Crippen molar-refractivity contribution in [2.24, 2.45) is 0 Å². The van der Waals surface area contributed by atoms with E-state index in [0.717, 1.165) is 5.56 Å². The zero-order valence-corrected chi connectivity index (χ0v) is 10.9. The monoisotopic (exact) mass is 256 g/mol. The number of hydrogen-bond donors (Lipinski definition) is 1. The highest BCUT2D eigenvalue weighted by Gasteiger charge is 2.18. The summed E-state index contributed by atoms with van der Waals surface area (Å²) in [6, 6.07) is 10.2. The fraction of sp³-hybridized carbons (Fsp3) is 0.200. The van der Waals surface area contributed by atoms with E-state index in [9.17, 15) is 9.90 Å². The summed E-state index contributed by atoms with van der Waals surface area (Å²) in [5.41, 5.74) is 1.59. The normalized spacial score (nSPS) is 11.9. The third kappa shape index (κ3) is 2.91. The van der Waals surface area contributed by atoms with Gasteiger partial charge < -0.3 is 10.0 Å². The maximum atomic E-state index is 12.3. The van der Waals surface area contributed by atoms with Crippen molar-refractivity contribution in [3.8, 4) is 5.75 Å². The maximum Gasteiger partial charge on any atom is 0.254 e. The molecule has 1 heterocycles. The van der Waals surface area contributed by atoms with E-state index in [1.54, 1.807) is 48.6 Å². The first-order valence-corrected chi connectivity index (χ1v) is 6.05. The molecule has 1 unspecified atom stereocenters. The van der Waals surface area contributed by atoms with Gasteiger partial charge in [-0.25, -0.2) is 0 Å². The number of phenolic OH excluding ortho intramolecular Hbond substituents is 1. The van der Waals surface area contributed by atoms with Crippen molar-refractivity contribution in [3.63, 3.8) is 0 Å². The molecule has 1 N–H and O–H groups in total. The number of aromatic hydroxyl groups is 1. The molecule has 1 aromatic carbocycles. The average molecular weight is 256 g/mol. The lowest BCUT2D eigenvalue weighted by Gasteiger charge is -2.25. The second-order valence-electron chi connectivity index (χ2n) is 4.42. The van der Waals surface area contributed by atoms with Crippen LogP contribution < -0.4 is 0 Å². The average Bonchev–Trinajstić information content (AvgIpc) is 2.46. The fourth-order valence-electron chi connectivity index (χ4n) is 1.85. The van der Waals surface area contributed by atoms with Crippen molar-refractivity contribution in [2.75, 3.05) is 7.05 Å². The standard InChI is InChI=1S/C15H16N2O2/c1-11(12-3-5-14(18)6-4-12)17(2)15(19)13-7-9-16-10-8-13/h3-11,18H,1-2H3. The minimum atomic E-state index is -0.0683. The second-order valence-corrected chi connectivity index (χ2v) is 4.42. The number of amides is 1. The van der Waals surface area contributed by atoms with Gasteiger partial charge in [0.15, 0.2) is 0 Å². The van der Waals surface area contributed by atoms with Crippen molar-refractivity contribution in [2.45, 2.75) is 13.0 Å². The lowest BCUT2D eigenvalue weighted by molar-refractivity contribution is 0.0742. The number of carbonyl (C=O) groups excluding carboxylic acids is 1. The first-order valence-electron chi connectivity index (χ1n) is 6.05. The summed E-state index contributed by atoms with van der Waals surface area (Å²) in [5.74, 6) is 0.169. The van der Waals surface area contributed by atoms with Crippen molar-refractivity contribution >= 4 is 5.91 Å². The molecule has 0 bridgehead atoms. The molecule has 4 heteroatoms. The van der Waals surface area contributed by atoms with E-state index in [0.29, 0.717) is 5.56 Å². The molecule has 19 heavy (non-hydrogen) atoms. The van der Waals surface area contributed by atoms with Crippen LogP contribution in [0.15, 0.2) is 48.8 Å². The fourth-order valence-corrected chi connectivity index (χ4v) is 1.85. The van der Waals surface area contributed by atoms with Crippen molar-refractivity contribution in [1.29, 1.82) is 0 Å². The van der Waals surface area contributed by atoms with Gasteiger partial charge in [-0.2, -0.15) is 0 Å². The van der Waals surface area contributed by atoms with E-state index >= 15 is 0 Å². The molecule has 0 fully saturated rings. The van der Waals surface area contributed by atoms with Crippen molar-refractivity contribution in [1.82, 2.24) is 9.88 Å². The minimum Gasteiger partial charge on any atom is -0.508 e. The molecule has 2 rings (SSSR count). The van der Waals surface area contributed by atoms with Gasteiger partial charge in [0.25, 0.3) is 5.91 Å². The summed E-state index contributed by atoms with van der Waals surface area (Å²) in [6.07, 6.45) is 3.21. The number of hydrogen-bond acceptors (Lipinski definition) is 3. The summed E-state index contributed by atoms with van der Waals surface area (Å²) in [6.45, 7) is 1.95. The van der Waals surface area contributed by atoms with Gasteiger partial charge in [-0.1, -0.05) is 12.1 Å². The topological polar surface area (TPSA) is 53.4 Å². The van der Waals surface area contributed by atoms with E-state index < -0.39 is 0 Å². The first kappa shape index (κ1) is 13.1. The largest absolute Gasteiger partial charge is 0.508 e. The Labute approximate surface area is 112 Å². The highest BCUT2D eigenvalue weighted by atomic mass is 16.3. The Morgan fingerprint density at radius 1 is 1.16 bits per heavy atom. The molecule has 1 amide bonds. The molecule has 98 valence electrons. The second kappa shape index (κ2) is 5.52. The lowest BCUT2D eigenvalue weighted by atomic mass is 10.1. The number of aromatic nitrogens is 1. The Hall–Kier alpha value is -2.36. The van der Waals surface area contributed by atoms with E-state index in [1.165, 1.54) is 0 Å². The van der Waals surface area contributed by atoms with Crippen LogP contribution in [-0.4, -0.2) is 27.9 Å². The van der Waals surface area contributed by atoms with Crippen LogP contribution in [0.4, 0.5) is 0 Å². The van der Waals surface area contributed by atoms with Gasteiger partial charge in [0.1, 0.15) is 5.75 Å². The number of rotatable bonds is 3. The van der Waals surface area contributed by atoms with E-state index in [2.05, 4.69) is 4.98 Å². The summed E-state index contributed by atoms with van der Waals surface area (Å²) in [4.78, 5) is 17.8. The molecule has 0 spiro atoms. The zero-order chi connectivity index (χ0) is 13.8. The zero-order valence-electron chi connectivity index (χ0n) is 10.9. The third-order valence-electron chi connectivity index (χ3n) is 3.20. The van der Waals surface area contributed by atoms with E-state index in [-0.39, 0.29) is 17.7 Å². The Morgan fingerprint density at radius 3 is 2.32 bits per heavy atom.